The van der Waals surface area contributed by atoms with E-state index in [9.17, 15) is 4.79 Å². The molecule has 0 fully saturated rings. The van der Waals surface area contributed by atoms with Crippen LogP contribution in [0.5, 0.6) is 5.75 Å². The van der Waals surface area contributed by atoms with Crippen molar-refractivity contribution < 1.29 is 9.53 Å². The molecule has 0 aliphatic rings. The molecule has 5 heteroatoms. The number of nitrogens with zero attached hydrogens (tertiary/aromatic N) is 2. The van der Waals surface area contributed by atoms with E-state index in [1.807, 2.05) is 31.2 Å². The molecule has 0 aliphatic heterocycles. The van der Waals surface area contributed by atoms with Crippen molar-refractivity contribution >= 4 is 5.91 Å². The van der Waals surface area contributed by atoms with Gasteiger partial charge in [-0.25, -0.2) is 0 Å². The minimum atomic E-state index is -0.179. The van der Waals surface area contributed by atoms with Crippen LogP contribution in [0.25, 0.3) is 0 Å². The van der Waals surface area contributed by atoms with Gasteiger partial charge in [-0.1, -0.05) is 18.2 Å². The second kappa shape index (κ2) is 5.56. The highest BCUT2D eigenvalue weighted by molar-refractivity contribution is 5.92. The summed E-state index contributed by atoms with van der Waals surface area (Å²) in [6.07, 6.45) is 0. The summed E-state index contributed by atoms with van der Waals surface area (Å²) in [4.78, 5) is 11.5. The van der Waals surface area contributed by atoms with E-state index >= 15 is 0 Å². The molecule has 0 bridgehead atoms. The predicted molar refractivity (Wildman–Crippen MR) is 72.5 cm³/mol. The van der Waals surface area contributed by atoms with Crippen LogP contribution in [0.2, 0.25) is 0 Å². The fraction of sp³-hybridized carbons (Fsp3) is 0.286. The second-order valence-electron chi connectivity index (χ2n) is 4.22. The Hall–Kier alpha value is -2.30. The van der Waals surface area contributed by atoms with Crippen LogP contribution in [0.4, 0.5) is 0 Å². The number of rotatable bonds is 4. The third-order valence-corrected chi connectivity index (χ3v) is 2.95. The van der Waals surface area contributed by atoms with Crippen LogP contribution in [-0.2, 0) is 6.54 Å². The Morgan fingerprint density at radius 2 is 2.16 bits per heavy atom. The Balaban J connectivity index is 2.28. The average Bonchev–Trinajstić information content (AvgIpc) is 2.80. The van der Waals surface area contributed by atoms with Gasteiger partial charge in [-0.15, -0.1) is 0 Å². The molecule has 2 aromatic rings. The number of aromatic nitrogens is 2. The van der Waals surface area contributed by atoms with Crippen molar-refractivity contribution in [2.75, 3.05) is 14.2 Å². The lowest BCUT2D eigenvalue weighted by Crippen LogP contribution is -2.18. The van der Waals surface area contributed by atoms with E-state index in [-0.39, 0.29) is 5.91 Å². The maximum Gasteiger partial charge on any atom is 0.271 e. The maximum absolute atomic E-state index is 11.5. The van der Waals surface area contributed by atoms with Gasteiger partial charge in [0, 0.05) is 18.3 Å². The topological polar surface area (TPSA) is 56.2 Å². The molecule has 0 saturated heterocycles. The van der Waals surface area contributed by atoms with Gasteiger partial charge < -0.3 is 10.1 Å². The second-order valence-corrected chi connectivity index (χ2v) is 4.22. The van der Waals surface area contributed by atoms with Gasteiger partial charge in [-0.05, 0) is 19.1 Å². The number of carbonyl (C=O) groups is 1. The van der Waals surface area contributed by atoms with Crippen LogP contribution in [-0.4, -0.2) is 29.8 Å². The molecule has 0 aliphatic carbocycles. The molecule has 1 heterocycles. The predicted octanol–water partition coefficient (Wildman–Crippen LogP) is 1.61. The fourth-order valence-corrected chi connectivity index (χ4v) is 1.90. The number of ether oxygens (including phenoxy) is 1. The molecule has 0 unspecified atom stereocenters. The molecule has 5 nitrogen and oxygen atoms in total. The van der Waals surface area contributed by atoms with Crippen molar-refractivity contribution in [3.8, 4) is 5.75 Å². The zero-order chi connectivity index (χ0) is 13.8. The molecule has 0 spiro atoms. The van der Waals surface area contributed by atoms with Crippen molar-refractivity contribution in [3.63, 3.8) is 0 Å². The SMILES string of the molecule is CNC(=O)c1cc(C)n(Cc2ccccc2OC)n1. The smallest absolute Gasteiger partial charge is 0.271 e. The fourth-order valence-electron chi connectivity index (χ4n) is 1.90. The number of methoxy groups -OCH3 is 1. The molecule has 2 rings (SSSR count). The van der Waals surface area contributed by atoms with E-state index in [0.717, 1.165) is 17.0 Å². The summed E-state index contributed by atoms with van der Waals surface area (Å²) >= 11 is 0. The van der Waals surface area contributed by atoms with Crippen LogP contribution in [0, 0.1) is 6.92 Å². The highest BCUT2D eigenvalue weighted by atomic mass is 16.5. The highest BCUT2D eigenvalue weighted by Gasteiger charge is 2.12. The molecule has 1 amide bonds. The van der Waals surface area contributed by atoms with Gasteiger partial charge >= 0.3 is 0 Å². The first kappa shape index (κ1) is 13.1. The molecule has 1 N–H and O–H groups in total. The van der Waals surface area contributed by atoms with Crippen LogP contribution in [0.3, 0.4) is 0 Å². The van der Waals surface area contributed by atoms with Gasteiger partial charge in [0.1, 0.15) is 11.4 Å². The Morgan fingerprint density at radius 3 is 2.84 bits per heavy atom. The van der Waals surface area contributed by atoms with Crippen LogP contribution in [0.15, 0.2) is 30.3 Å². The van der Waals surface area contributed by atoms with Gasteiger partial charge in [0.05, 0.1) is 13.7 Å². The average molecular weight is 259 g/mol. The van der Waals surface area contributed by atoms with Crippen LogP contribution < -0.4 is 10.1 Å². The van der Waals surface area contributed by atoms with Crippen LogP contribution >= 0.6 is 0 Å². The lowest BCUT2D eigenvalue weighted by Gasteiger charge is -2.09. The van der Waals surface area contributed by atoms with Crippen molar-refractivity contribution in [1.29, 1.82) is 0 Å². The van der Waals surface area contributed by atoms with E-state index < -0.39 is 0 Å². The molecular weight excluding hydrogens is 242 g/mol. The van der Waals surface area contributed by atoms with Gasteiger partial charge in [0.15, 0.2) is 0 Å². The Labute approximate surface area is 112 Å². The first-order valence-electron chi connectivity index (χ1n) is 6.04. The zero-order valence-electron chi connectivity index (χ0n) is 11.3. The summed E-state index contributed by atoms with van der Waals surface area (Å²) in [6, 6.07) is 9.55. The van der Waals surface area contributed by atoms with E-state index in [4.69, 9.17) is 4.74 Å². The first-order valence-corrected chi connectivity index (χ1v) is 6.04. The summed E-state index contributed by atoms with van der Waals surface area (Å²) in [5.74, 6) is 0.640. The third-order valence-electron chi connectivity index (χ3n) is 2.95. The number of nitrogens with one attached hydrogen (secondary N) is 1. The minimum Gasteiger partial charge on any atom is -0.496 e. The number of benzene rings is 1. The zero-order valence-corrected chi connectivity index (χ0v) is 11.3. The normalized spacial score (nSPS) is 10.3. The van der Waals surface area contributed by atoms with Crippen molar-refractivity contribution in [1.82, 2.24) is 15.1 Å². The molecule has 100 valence electrons. The number of hydrogen-bond donors (Lipinski definition) is 1. The number of hydrogen-bond acceptors (Lipinski definition) is 3. The van der Waals surface area contributed by atoms with Gasteiger partial charge in [0.25, 0.3) is 5.91 Å². The van der Waals surface area contributed by atoms with E-state index in [0.29, 0.717) is 12.2 Å². The highest BCUT2D eigenvalue weighted by Crippen LogP contribution is 2.19. The standard InChI is InChI=1S/C14H17N3O2/c1-10-8-12(14(18)15-2)16-17(10)9-11-6-4-5-7-13(11)19-3/h4-8H,9H2,1-3H3,(H,15,18). The largest absolute Gasteiger partial charge is 0.496 e. The van der Waals surface area contributed by atoms with E-state index in [1.54, 1.807) is 24.9 Å². The molecular formula is C14H17N3O2. The first-order chi connectivity index (χ1) is 9.15. The Kier molecular flexibility index (Phi) is 3.85. The summed E-state index contributed by atoms with van der Waals surface area (Å²) < 4.78 is 7.11. The van der Waals surface area contributed by atoms with Crippen molar-refractivity contribution in [2.24, 2.45) is 0 Å². The Morgan fingerprint density at radius 1 is 1.42 bits per heavy atom. The quantitative estimate of drug-likeness (QED) is 0.907. The Bertz CT molecular complexity index is 590. The summed E-state index contributed by atoms with van der Waals surface area (Å²) in [5.41, 5.74) is 2.39. The number of amides is 1. The molecule has 0 atom stereocenters. The maximum atomic E-state index is 11.5. The molecule has 1 aromatic heterocycles. The van der Waals surface area contributed by atoms with Gasteiger partial charge in [-0.2, -0.15) is 5.10 Å². The summed E-state index contributed by atoms with van der Waals surface area (Å²) in [5, 5.41) is 6.87. The third kappa shape index (κ3) is 2.76. The van der Waals surface area contributed by atoms with Crippen LogP contribution in [0.1, 0.15) is 21.7 Å². The van der Waals surface area contributed by atoms with Gasteiger partial charge in [0.2, 0.25) is 0 Å². The van der Waals surface area contributed by atoms with Crippen molar-refractivity contribution in [3.05, 3.63) is 47.3 Å². The van der Waals surface area contributed by atoms with Crippen molar-refractivity contribution in [2.45, 2.75) is 13.5 Å². The monoisotopic (exact) mass is 259 g/mol. The van der Waals surface area contributed by atoms with E-state index in [2.05, 4.69) is 10.4 Å². The number of para-hydroxylation sites is 1. The molecule has 19 heavy (non-hydrogen) atoms. The lowest BCUT2D eigenvalue weighted by atomic mass is 10.2. The minimum absolute atomic E-state index is 0.179. The molecule has 0 radical (unpaired) electrons. The summed E-state index contributed by atoms with van der Waals surface area (Å²) in [7, 11) is 3.24. The number of aryl methyl sites for hydroxylation is 1. The molecule has 1 aromatic carbocycles. The molecule has 0 saturated carbocycles. The number of carbonyl (C=O) groups excluding carboxylic acids is 1. The van der Waals surface area contributed by atoms with Gasteiger partial charge in [-0.3, -0.25) is 9.48 Å². The summed E-state index contributed by atoms with van der Waals surface area (Å²) in [6.45, 7) is 2.50. The van der Waals surface area contributed by atoms with E-state index in [1.165, 1.54) is 0 Å². The lowest BCUT2D eigenvalue weighted by molar-refractivity contribution is 0.0957.